The summed E-state index contributed by atoms with van der Waals surface area (Å²) in [4.78, 5) is 1.92. The van der Waals surface area contributed by atoms with Crippen LogP contribution in [0.25, 0.3) is 11.1 Å². The molecular weight excluding hydrogens is 266 g/mol. The number of aliphatic hydroxyl groups excluding tert-OH is 2. The van der Waals surface area contributed by atoms with E-state index in [4.69, 9.17) is 21.7 Å². The molecule has 0 amide bonds. The van der Waals surface area contributed by atoms with Gasteiger partial charge in [0.1, 0.15) is 0 Å². The second kappa shape index (κ2) is 6.97. The number of hydrogen-bond acceptors (Lipinski definition) is 5. The van der Waals surface area contributed by atoms with Crippen LogP contribution in [0.3, 0.4) is 0 Å². The van der Waals surface area contributed by atoms with Gasteiger partial charge in [-0.25, -0.2) is 0 Å². The molecule has 0 unspecified atom stereocenters. The number of nitrogens with two attached hydrogens (primary N) is 2. The Morgan fingerprint density at radius 3 is 2.05 bits per heavy atom. The van der Waals surface area contributed by atoms with Gasteiger partial charge in [-0.2, -0.15) is 0 Å². The summed E-state index contributed by atoms with van der Waals surface area (Å²) in [7, 11) is 0. The summed E-state index contributed by atoms with van der Waals surface area (Å²) in [5, 5.41) is 18.1. The molecule has 6 N–H and O–H groups in total. The van der Waals surface area contributed by atoms with Crippen LogP contribution in [0, 0.1) is 0 Å². The first-order chi connectivity index (χ1) is 10.2. The monoisotopic (exact) mass is 287 g/mol. The van der Waals surface area contributed by atoms with Gasteiger partial charge in [0.25, 0.3) is 0 Å². The lowest BCUT2D eigenvalue weighted by Crippen LogP contribution is -2.29. The molecule has 0 aromatic heterocycles. The molecular formula is C16H21N3O2. The third kappa shape index (κ3) is 3.65. The van der Waals surface area contributed by atoms with E-state index < -0.39 is 0 Å². The first-order valence-electron chi connectivity index (χ1n) is 6.88. The van der Waals surface area contributed by atoms with Crippen molar-refractivity contribution in [3.63, 3.8) is 0 Å². The number of aliphatic hydroxyl groups is 2. The van der Waals surface area contributed by atoms with Crippen LogP contribution in [0.5, 0.6) is 0 Å². The lowest BCUT2D eigenvalue weighted by molar-refractivity contribution is 0.281. The second-order valence-electron chi connectivity index (χ2n) is 4.83. The number of anilines is 3. The zero-order chi connectivity index (χ0) is 15.2. The average molecular weight is 287 g/mol. The highest BCUT2D eigenvalue weighted by Crippen LogP contribution is 2.29. The molecule has 0 aliphatic rings. The van der Waals surface area contributed by atoms with Crippen LogP contribution in [-0.4, -0.2) is 36.5 Å². The van der Waals surface area contributed by atoms with E-state index >= 15 is 0 Å². The van der Waals surface area contributed by atoms with Crippen molar-refractivity contribution < 1.29 is 10.2 Å². The summed E-state index contributed by atoms with van der Waals surface area (Å²) in [6, 6.07) is 13.2. The zero-order valence-electron chi connectivity index (χ0n) is 11.9. The first-order valence-corrected chi connectivity index (χ1v) is 6.88. The van der Waals surface area contributed by atoms with E-state index in [2.05, 4.69) is 0 Å². The standard InChI is InChI=1S/C16H21N3O2/c17-13-3-6-16(18)15(11-13)12-1-4-14(5-2-12)19(7-9-20)8-10-21/h1-6,11,20-21H,7-10,17-18H2. The second-order valence-corrected chi connectivity index (χ2v) is 4.83. The minimum atomic E-state index is 0.0456. The fraction of sp³-hybridized carbons (Fsp3) is 0.250. The SMILES string of the molecule is Nc1ccc(N)c(-c2ccc(N(CCO)CCO)cc2)c1. The summed E-state index contributed by atoms with van der Waals surface area (Å²) < 4.78 is 0. The van der Waals surface area contributed by atoms with Crippen LogP contribution in [-0.2, 0) is 0 Å². The summed E-state index contributed by atoms with van der Waals surface area (Å²) in [6.45, 7) is 1.06. The van der Waals surface area contributed by atoms with Gasteiger partial charge in [-0.1, -0.05) is 12.1 Å². The van der Waals surface area contributed by atoms with Gasteiger partial charge in [-0.3, -0.25) is 0 Å². The molecule has 2 aromatic carbocycles. The summed E-state index contributed by atoms with van der Waals surface area (Å²) >= 11 is 0. The van der Waals surface area contributed by atoms with Gasteiger partial charge >= 0.3 is 0 Å². The van der Waals surface area contributed by atoms with Crippen molar-refractivity contribution in [2.24, 2.45) is 0 Å². The number of nitrogen functional groups attached to an aromatic ring is 2. The summed E-state index contributed by atoms with van der Waals surface area (Å²) in [5.41, 5.74) is 16.0. The molecule has 0 aliphatic carbocycles. The fourth-order valence-corrected chi connectivity index (χ4v) is 2.29. The van der Waals surface area contributed by atoms with Crippen molar-refractivity contribution in [2.45, 2.75) is 0 Å². The Bertz CT molecular complexity index is 579. The van der Waals surface area contributed by atoms with E-state index in [1.807, 2.05) is 35.2 Å². The van der Waals surface area contributed by atoms with E-state index in [0.717, 1.165) is 16.8 Å². The molecule has 0 spiro atoms. The van der Waals surface area contributed by atoms with Gasteiger partial charge in [0, 0.05) is 35.7 Å². The fourth-order valence-electron chi connectivity index (χ4n) is 2.29. The van der Waals surface area contributed by atoms with Gasteiger partial charge in [0.15, 0.2) is 0 Å². The van der Waals surface area contributed by atoms with Crippen LogP contribution in [0.15, 0.2) is 42.5 Å². The van der Waals surface area contributed by atoms with Gasteiger partial charge < -0.3 is 26.6 Å². The molecule has 2 rings (SSSR count). The quantitative estimate of drug-likeness (QED) is 0.601. The van der Waals surface area contributed by atoms with E-state index in [9.17, 15) is 0 Å². The van der Waals surface area contributed by atoms with E-state index in [0.29, 0.717) is 24.5 Å². The van der Waals surface area contributed by atoms with Crippen LogP contribution < -0.4 is 16.4 Å². The number of hydrogen-bond donors (Lipinski definition) is 4. The van der Waals surface area contributed by atoms with E-state index in [1.165, 1.54) is 0 Å². The van der Waals surface area contributed by atoms with Crippen LogP contribution in [0.4, 0.5) is 17.1 Å². The smallest absolute Gasteiger partial charge is 0.0606 e. The molecule has 0 saturated carbocycles. The minimum Gasteiger partial charge on any atom is -0.399 e. The Morgan fingerprint density at radius 2 is 1.48 bits per heavy atom. The van der Waals surface area contributed by atoms with Crippen molar-refractivity contribution >= 4 is 17.1 Å². The first kappa shape index (κ1) is 15.2. The Morgan fingerprint density at radius 1 is 0.857 bits per heavy atom. The highest BCUT2D eigenvalue weighted by Gasteiger charge is 2.07. The normalized spacial score (nSPS) is 10.6. The van der Waals surface area contributed by atoms with Crippen molar-refractivity contribution in [3.05, 3.63) is 42.5 Å². The highest BCUT2D eigenvalue weighted by atomic mass is 16.3. The molecule has 0 fully saturated rings. The predicted molar refractivity (Wildman–Crippen MR) is 87.1 cm³/mol. The molecule has 0 atom stereocenters. The minimum absolute atomic E-state index is 0.0456. The molecule has 2 aromatic rings. The Balaban J connectivity index is 2.27. The van der Waals surface area contributed by atoms with E-state index in [1.54, 1.807) is 12.1 Å². The zero-order valence-corrected chi connectivity index (χ0v) is 11.9. The molecule has 0 radical (unpaired) electrons. The van der Waals surface area contributed by atoms with Crippen molar-refractivity contribution in [3.8, 4) is 11.1 Å². The maximum Gasteiger partial charge on any atom is 0.0606 e. The summed E-state index contributed by atoms with van der Waals surface area (Å²) in [6.07, 6.45) is 0. The van der Waals surface area contributed by atoms with Crippen LogP contribution in [0.1, 0.15) is 0 Å². The maximum atomic E-state index is 9.07. The molecule has 0 saturated heterocycles. The third-order valence-electron chi connectivity index (χ3n) is 3.36. The largest absolute Gasteiger partial charge is 0.399 e. The predicted octanol–water partition coefficient (Wildman–Crippen LogP) is 1.31. The number of benzene rings is 2. The van der Waals surface area contributed by atoms with Crippen molar-refractivity contribution in [1.29, 1.82) is 0 Å². The molecule has 21 heavy (non-hydrogen) atoms. The molecule has 0 aliphatic heterocycles. The molecule has 112 valence electrons. The van der Waals surface area contributed by atoms with Crippen molar-refractivity contribution in [1.82, 2.24) is 0 Å². The Kier molecular flexibility index (Phi) is 5.03. The van der Waals surface area contributed by atoms with Gasteiger partial charge in [-0.15, -0.1) is 0 Å². The number of rotatable bonds is 6. The van der Waals surface area contributed by atoms with Gasteiger partial charge in [-0.05, 0) is 35.9 Å². The van der Waals surface area contributed by atoms with Gasteiger partial charge in [0.2, 0.25) is 0 Å². The lowest BCUT2D eigenvalue weighted by Gasteiger charge is -2.23. The van der Waals surface area contributed by atoms with E-state index in [-0.39, 0.29) is 13.2 Å². The summed E-state index contributed by atoms with van der Waals surface area (Å²) in [5.74, 6) is 0. The van der Waals surface area contributed by atoms with Crippen LogP contribution >= 0.6 is 0 Å². The van der Waals surface area contributed by atoms with Gasteiger partial charge in [0.05, 0.1) is 13.2 Å². The maximum absolute atomic E-state index is 9.07. The molecule has 5 nitrogen and oxygen atoms in total. The third-order valence-corrected chi connectivity index (χ3v) is 3.36. The Labute approximate surface area is 124 Å². The van der Waals surface area contributed by atoms with Crippen LogP contribution in [0.2, 0.25) is 0 Å². The van der Waals surface area contributed by atoms with Crippen molar-refractivity contribution in [2.75, 3.05) is 42.7 Å². The number of nitrogens with zero attached hydrogens (tertiary/aromatic N) is 1. The average Bonchev–Trinajstić information content (AvgIpc) is 2.50. The molecule has 5 heteroatoms. The topological polar surface area (TPSA) is 95.7 Å². The lowest BCUT2D eigenvalue weighted by atomic mass is 10.0. The molecule has 0 bridgehead atoms. The molecule has 0 heterocycles. The Hall–Kier alpha value is -2.24. The highest BCUT2D eigenvalue weighted by molar-refractivity contribution is 5.80.